The van der Waals surface area contributed by atoms with Crippen molar-refractivity contribution in [3.05, 3.63) is 141 Å². The van der Waals surface area contributed by atoms with Crippen LogP contribution in [0.3, 0.4) is 0 Å². The lowest BCUT2D eigenvalue weighted by molar-refractivity contribution is -0.185. The number of hydrogen-bond acceptors (Lipinski definition) is 35. The number of carbonyl (C=O) groups is 5. The van der Waals surface area contributed by atoms with Gasteiger partial charge in [-0.05, 0) is 111 Å². The quantitative estimate of drug-likeness (QED) is 0.0198. The molecular weight excluding hydrogens is 1900 g/mol. The Morgan fingerprint density at radius 3 is 1.23 bits per heavy atom. The van der Waals surface area contributed by atoms with Crippen LogP contribution in [0, 0.1) is 11.8 Å². The molecule has 4 aromatic heterocycles. The largest absolute Gasteiger partial charge is 0.393 e. The number of nitrogens with one attached hydrogen (secondary N) is 4. The van der Waals surface area contributed by atoms with Crippen LogP contribution < -0.4 is 21.8 Å². The van der Waals surface area contributed by atoms with E-state index < -0.39 is 172 Å². The number of carbonyl (C=O) groups excluding carboxylic acids is 5. The van der Waals surface area contributed by atoms with Crippen molar-refractivity contribution in [3.8, 4) is 0 Å². The number of anilines is 2. The van der Waals surface area contributed by atoms with Crippen LogP contribution in [0.2, 0.25) is 0 Å². The van der Waals surface area contributed by atoms with E-state index in [0.717, 1.165) is 17.5 Å². The fraction of sp³-hybridized carbons (Fsp3) is 0.633. The fourth-order valence-electron chi connectivity index (χ4n) is 20.3. The minimum Gasteiger partial charge on any atom is -0.393 e. The van der Waals surface area contributed by atoms with Gasteiger partial charge in [0, 0.05) is 79.3 Å². The number of H-pyrrole nitrogens is 2. The Morgan fingerprint density at radius 2 is 0.861 bits per heavy atom. The second-order valence-corrected chi connectivity index (χ2v) is 46.0. The zero-order valence-corrected chi connectivity index (χ0v) is 83.3. The van der Waals surface area contributed by atoms with Gasteiger partial charge in [0.25, 0.3) is 11.1 Å². The van der Waals surface area contributed by atoms with Crippen molar-refractivity contribution in [3.63, 3.8) is 0 Å². The summed E-state index contributed by atoms with van der Waals surface area (Å²) in [4.78, 5) is 120. The first-order valence-corrected chi connectivity index (χ1v) is 54.1. The maximum absolute atomic E-state index is 13.7. The van der Waals surface area contributed by atoms with E-state index in [4.69, 9.17) is 124 Å². The lowest BCUT2D eigenvalue weighted by atomic mass is 10.0. The number of rotatable bonds is 37. The van der Waals surface area contributed by atoms with Gasteiger partial charge < -0.3 is 85.9 Å². The molecule has 3 unspecified atom stereocenters. The molecule has 6 N–H and O–H groups in total. The van der Waals surface area contributed by atoms with Gasteiger partial charge in [0.05, 0.1) is 114 Å². The topological polar surface area (TPSA) is 462 Å². The molecule has 11 aliphatic rings. The molecule has 15 heterocycles. The highest BCUT2D eigenvalue weighted by molar-refractivity contribution is 8.08. The van der Waals surface area contributed by atoms with E-state index in [1.807, 2.05) is 112 Å². The van der Waals surface area contributed by atoms with Crippen molar-refractivity contribution in [2.24, 2.45) is 11.8 Å². The Morgan fingerprint density at radius 1 is 0.511 bits per heavy atom. The molecule has 5 amide bonds. The van der Waals surface area contributed by atoms with E-state index in [1.54, 1.807) is 56.6 Å². The van der Waals surface area contributed by atoms with Gasteiger partial charge in [-0.3, -0.25) is 90.4 Å². The monoisotopic (exact) mass is 2020 g/mol. The summed E-state index contributed by atoms with van der Waals surface area (Å²) in [5.74, 6) is -2.08. The number of hydrogen-bond donors (Lipinski definition) is 6. The van der Waals surface area contributed by atoms with Crippen molar-refractivity contribution in [2.45, 2.75) is 266 Å². The van der Waals surface area contributed by atoms with Crippen LogP contribution in [0.25, 0.3) is 22.3 Å². The summed E-state index contributed by atoms with van der Waals surface area (Å²) in [5.41, 5.74) is -3.32. The van der Waals surface area contributed by atoms with Crippen molar-refractivity contribution in [2.75, 3.05) is 97.3 Å². The molecule has 0 radical (unpaired) electrons. The SMILES string of the molecule is CO[C@@H]1C[C@H](C)O[C@@H]1CO[P@@](=S)(O[C@H](c1ccccc1)[C@@H]1CCCN1C(C)=O)O[C@@H]1C2OC[C@]1(CO)O[C@H]2n1cnc2c(=O)[nH]c(NC(=O)C(C)C)nc21.CO[C@@H]1C[C@H](C)O[C@@H]1CO[P@@](=S)(O[C@H](c1ccccc1)[C@@H]1CCCN1C(C)=O)O[C@@H]1C2OC[C@]1(CO[P@@](=S)(O[C@H](c1ccccc1)[C@@H]1CCCN1C(C)=O)O[C@@H]1C3OC[C@]1(CO)O[C@H]3C)O[C@H]2n1cnc2c(=O)[nH]c(NC(=O)C(C)C)nc21. The number of nitrogens with zero attached hydrogens (tertiary/aromatic N) is 9. The summed E-state index contributed by atoms with van der Waals surface area (Å²) in [6.07, 6.45) is -4.86. The van der Waals surface area contributed by atoms with Crippen molar-refractivity contribution in [1.29, 1.82) is 0 Å². The zero-order valence-electron chi connectivity index (χ0n) is 78.1. The molecule has 6 bridgehead atoms. The maximum atomic E-state index is 13.7. The number of imidazole rings is 2. The highest BCUT2D eigenvalue weighted by Gasteiger charge is 2.69. The first-order valence-electron chi connectivity index (χ1n) is 46.4. The van der Waals surface area contributed by atoms with Gasteiger partial charge in [-0.15, -0.1) is 0 Å². The van der Waals surface area contributed by atoms with E-state index >= 15 is 0 Å². The summed E-state index contributed by atoms with van der Waals surface area (Å²) in [5, 5.41) is 27.2. The molecule has 47 heteroatoms. The van der Waals surface area contributed by atoms with Gasteiger partial charge in [0.1, 0.15) is 83.9 Å². The summed E-state index contributed by atoms with van der Waals surface area (Å²) >= 11 is 19.5. The molecule has 0 aliphatic carbocycles. The molecule has 3 aromatic carbocycles. The standard InChI is InChI=1S/C55H73N7O17P2S2.C35H47N6O11PS/c1-31(2)50(66)58-53-57-49-42(51(67)59-53)56-30-62(49)52-46-48(79-80(82,71-25-41-40(68-7)24-32(3)73-41)76-44(36-16-10-8-11-17-36)38-20-14-22-60(38)34(5)64)55(75-52,28-70-46)29-72-81(83,78-47-43-33(4)74-54(47,26-63)27-69-43)77-45(37-18-12-9-13-19-37)39-21-15-23-61(39)35(6)65;1-19(2)31(44)38-34-37-30-26(32(45)39-34)36-18-41(30)33-28-29(35(16-42,50-33)17-47-28)52-53(54,48-15-25-24(46-5)14-20(3)49-25)51-27(22-10-7-6-8-11-22)23-12-9-13-40(23)21(4)43/h8-13,16-19,30-33,38-41,43-48,52,63H,14-15,20-29H2,1-7H3,(H2,57,58,59,66,67);6-8,10-11,18-20,23-25,27-29,33,42H,9,12-17H2,1-5H3,(H2,37,38,39,44,45)/t32-,33-,38-,39-,40+,41+,43?,44+,45+,46?,47+,48+,52+,54-,55+,80+,81+;20-,23-,24+,25+,27+,28?,29+,33+,35-,53+/m00/s1. The molecule has 11 aliphatic heterocycles. The molecule has 0 saturated carbocycles. The van der Waals surface area contributed by atoms with Crippen LogP contribution in [0.15, 0.2) is 113 Å². The van der Waals surface area contributed by atoms with E-state index in [9.17, 15) is 43.8 Å². The summed E-state index contributed by atoms with van der Waals surface area (Å²) < 4.78 is 129. The second-order valence-electron chi connectivity index (χ2n) is 37.3. The normalized spacial score (nSPS) is 32.4. The minimum absolute atomic E-state index is 0.00648. The van der Waals surface area contributed by atoms with Crippen LogP contribution in [-0.4, -0.2) is 294 Å². The molecule has 18 rings (SSSR count). The number of aromatic amines is 2. The predicted octanol–water partition coefficient (Wildman–Crippen LogP) is 8.87. The maximum Gasteiger partial charge on any atom is 0.328 e. The number of methoxy groups -OCH3 is 2. The highest BCUT2D eigenvalue weighted by Crippen LogP contribution is 2.66. The molecule has 137 heavy (non-hydrogen) atoms. The molecule has 7 aromatic rings. The highest BCUT2D eigenvalue weighted by atomic mass is 32.5. The fourth-order valence-corrected chi connectivity index (χ4v) is 27.4. The predicted molar refractivity (Wildman–Crippen MR) is 502 cm³/mol. The summed E-state index contributed by atoms with van der Waals surface area (Å²) in [6, 6.07) is 27.0. The third-order valence-corrected chi connectivity index (χ3v) is 34.1. The van der Waals surface area contributed by atoms with Crippen LogP contribution in [0.1, 0.15) is 168 Å². The Bertz CT molecular complexity index is 5790. The Hall–Kier alpha value is -7.18. The van der Waals surface area contributed by atoms with E-state index in [0.29, 0.717) is 70.1 Å². The number of aromatic nitrogens is 8. The van der Waals surface area contributed by atoms with Crippen molar-refractivity contribution in [1.82, 2.24) is 53.7 Å². The number of aliphatic hydroxyl groups is 2. The Kier molecular flexibility index (Phi) is 31.1. The van der Waals surface area contributed by atoms with Crippen molar-refractivity contribution < 1.29 is 122 Å². The second kappa shape index (κ2) is 42.0. The summed E-state index contributed by atoms with van der Waals surface area (Å²) in [6.45, 7) is 4.68. The van der Waals surface area contributed by atoms with Gasteiger partial charge >= 0.3 is 20.2 Å². The van der Waals surface area contributed by atoms with E-state index in [2.05, 4.69) is 40.5 Å². The molecule has 0 spiro atoms. The third kappa shape index (κ3) is 20.9. The molecule has 27 atom stereocenters. The van der Waals surface area contributed by atoms with Crippen LogP contribution in [0.5, 0.6) is 0 Å². The Labute approximate surface area is 806 Å². The third-order valence-electron chi connectivity index (χ3n) is 27.3. The average molecular weight is 2020 g/mol. The molecule has 746 valence electrons. The van der Waals surface area contributed by atoms with Gasteiger partial charge in [-0.2, -0.15) is 9.97 Å². The number of likely N-dealkylation sites (tertiary alicyclic amines) is 3. The Balaban J connectivity index is 0.000000208. The number of fused-ring (bicyclic) bond motifs is 8. The van der Waals surface area contributed by atoms with E-state index in [-0.39, 0.29) is 133 Å². The number of ether oxygens (including phenoxy) is 10. The van der Waals surface area contributed by atoms with Gasteiger partial charge in [0.2, 0.25) is 41.4 Å². The first-order chi connectivity index (χ1) is 65.6. The first kappa shape index (κ1) is 101. The lowest BCUT2D eigenvalue weighted by Gasteiger charge is -2.39. The van der Waals surface area contributed by atoms with Gasteiger partial charge in [0.15, 0.2) is 34.8 Å². The van der Waals surface area contributed by atoms with Crippen molar-refractivity contribution >= 4 is 119 Å². The molecule has 41 nitrogen and oxygen atoms in total. The van der Waals surface area contributed by atoms with Crippen LogP contribution in [-0.2, 0) is 147 Å². The molecule has 11 saturated heterocycles. The zero-order chi connectivity index (χ0) is 97.0. The number of aliphatic hydroxyl groups excluding tert-OH is 2. The molecule has 11 fully saturated rings. The van der Waals surface area contributed by atoms with Crippen LogP contribution >= 0.6 is 20.2 Å². The van der Waals surface area contributed by atoms with Gasteiger partial charge in [-0.25, -0.2) is 9.97 Å². The molecular formula is C90H120N13O28P3S3. The van der Waals surface area contributed by atoms with Crippen LogP contribution in [0.4, 0.5) is 11.9 Å². The smallest absolute Gasteiger partial charge is 0.328 e. The number of benzene rings is 3. The number of amides is 5. The van der Waals surface area contributed by atoms with Gasteiger partial charge in [-0.1, -0.05) is 119 Å². The lowest BCUT2D eigenvalue weighted by Crippen LogP contribution is -2.47. The minimum atomic E-state index is -4.21. The summed E-state index contributed by atoms with van der Waals surface area (Å²) in [7, 11) is 3.22. The van der Waals surface area contributed by atoms with E-state index in [1.165, 1.54) is 42.6 Å². The average Bonchev–Trinajstić information content (AvgIpc) is 1.55.